The van der Waals surface area contributed by atoms with Crippen LogP contribution in [0.15, 0.2) is 0 Å². The third-order valence-electron chi connectivity index (χ3n) is 3.00. The van der Waals surface area contributed by atoms with Crippen LogP contribution in [0.1, 0.15) is 57.4 Å². The van der Waals surface area contributed by atoms with Crippen LogP contribution in [0.2, 0.25) is 0 Å². The highest BCUT2D eigenvalue weighted by molar-refractivity contribution is 6.13. The first-order chi connectivity index (χ1) is 9.23. The van der Waals surface area contributed by atoms with Gasteiger partial charge in [0, 0.05) is 5.56 Å². The van der Waals surface area contributed by atoms with Crippen molar-refractivity contribution in [1.29, 1.82) is 0 Å². The van der Waals surface area contributed by atoms with Crippen LogP contribution in [0.5, 0.6) is 11.5 Å². The molecule has 1 rings (SSSR count). The smallest absolute Gasteiger partial charge is 0.169 e. The van der Waals surface area contributed by atoms with Gasteiger partial charge in [-0.2, -0.15) is 0 Å². The molecule has 0 aliphatic rings. The number of rotatable bonds is 5. The molecule has 0 aliphatic carbocycles. The third-order valence-corrected chi connectivity index (χ3v) is 3.00. The number of aromatic hydroxyl groups is 2. The van der Waals surface area contributed by atoms with E-state index in [1.54, 1.807) is 0 Å². The van der Waals surface area contributed by atoms with Crippen molar-refractivity contribution < 1.29 is 24.6 Å². The monoisotopic (exact) mass is 279 g/mol. The molecule has 6 nitrogen and oxygen atoms in total. The standard InChI is InChI=1S/C14H17NO5/c1-6(16)10-9(4-5-15)11(7(2)17)13(19)14(20)12(10)8(3)18/h19-20H,4-5,15H2,1-3H3. The Kier molecular flexibility index (Phi) is 4.62. The molecule has 0 heterocycles. The van der Waals surface area contributed by atoms with Gasteiger partial charge in [-0.15, -0.1) is 0 Å². The number of carbonyl (C=O) groups is 3. The molecule has 0 unspecified atom stereocenters. The molecule has 4 N–H and O–H groups in total. The Labute approximate surface area is 116 Å². The average molecular weight is 279 g/mol. The SMILES string of the molecule is CC(=O)c1c(O)c(O)c(C(C)=O)c(C(C)=O)c1CCN. The molecule has 108 valence electrons. The minimum absolute atomic E-state index is 0.0524. The highest BCUT2D eigenvalue weighted by Gasteiger charge is 2.29. The largest absolute Gasteiger partial charge is 0.504 e. The predicted molar refractivity (Wildman–Crippen MR) is 72.5 cm³/mol. The van der Waals surface area contributed by atoms with Crippen molar-refractivity contribution in [2.45, 2.75) is 27.2 Å². The van der Waals surface area contributed by atoms with Gasteiger partial charge in [0.2, 0.25) is 0 Å². The molecule has 1 aromatic rings. The number of ketones is 3. The number of phenolic OH excluding ortho intramolecular Hbond substituents is 2. The van der Waals surface area contributed by atoms with E-state index in [-0.39, 0.29) is 35.2 Å². The molecule has 0 spiro atoms. The van der Waals surface area contributed by atoms with Crippen molar-refractivity contribution in [3.63, 3.8) is 0 Å². The molecule has 0 aliphatic heterocycles. The number of nitrogens with two attached hydrogens (primary N) is 1. The number of carbonyl (C=O) groups excluding carboxylic acids is 3. The van der Waals surface area contributed by atoms with Gasteiger partial charge >= 0.3 is 0 Å². The molecule has 0 atom stereocenters. The molecular formula is C14H17NO5. The van der Waals surface area contributed by atoms with Crippen LogP contribution >= 0.6 is 0 Å². The fourth-order valence-electron chi connectivity index (χ4n) is 2.28. The Hall–Kier alpha value is -2.21. The minimum Gasteiger partial charge on any atom is -0.504 e. The molecule has 20 heavy (non-hydrogen) atoms. The number of hydrogen-bond donors (Lipinski definition) is 3. The number of benzene rings is 1. The van der Waals surface area contributed by atoms with Crippen LogP contribution in [0.3, 0.4) is 0 Å². The van der Waals surface area contributed by atoms with Crippen molar-refractivity contribution in [2.24, 2.45) is 5.73 Å². The highest BCUT2D eigenvalue weighted by atomic mass is 16.3. The summed E-state index contributed by atoms with van der Waals surface area (Å²) in [6.07, 6.45) is 0.137. The van der Waals surface area contributed by atoms with Gasteiger partial charge in [0.05, 0.1) is 11.1 Å². The van der Waals surface area contributed by atoms with E-state index in [1.165, 1.54) is 20.8 Å². The summed E-state index contributed by atoms with van der Waals surface area (Å²) in [6, 6.07) is 0. The van der Waals surface area contributed by atoms with Crippen LogP contribution in [-0.4, -0.2) is 34.1 Å². The Balaban J connectivity index is 3.97. The Bertz CT molecular complexity index is 604. The van der Waals surface area contributed by atoms with Gasteiger partial charge in [-0.05, 0) is 39.3 Å². The summed E-state index contributed by atoms with van der Waals surface area (Å²) in [5.41, 5.74) is 5.17. The summed E-state index contributed by atoms with van der Waals surface area (Å²) in [4.78, 5) is 35.1. The molecule has 0 amide bonds. The summed E-state index contributed by atoms with van der Waals surface area (Å²) < 4.78 is 0. The van der Waals surface area contributed by atoms with Gasteiger partial charge in [-0.25, -0.2) is 0 Å². The quantitative estimate of drug-likeness (QED) is 0.550. The molecule has 0 saturated carbocycles. The normalized spacial score (nSPS) is 10.4. The first-order valence-corrected chi connectivity index (χ1v) is 6.07. The summed E-state index contributed by atoms with van der Waals surface area (Å²) in [5, 5.41) is 19.8. The number of hydrogen-bond acceptors (Lipinski definition) is 6. The first kappa shape index (κ1) is 15.8. The first-order valence-electron chi connectivity index (χ1n) is 6.07. The van der Waals surface area contributed by atoms with Gasteiger partial charge in [-0.3, -0.25) is 14.4 Å². The molecule has 0 bridgehead atoms. The maximum atomic E-state index is 11.8. The Morgan fingerprint density at radius 1 is 0.850 bits per heavy atom. The second-order valence-electron chi connectivity index (χ2n) is 4.51. The van der Waals surface area contributed by atoms with E-state index in [9.17, 15) is 24.6 Å². The van der Waals surface area contributed by atoms with E-state index in [1.807, 2.05) is 0 Å². The molecule has 1 aromatic carbocycles. The van der Waals surface area contributed by atoms with Crippen molar-refractivity contribution in [1.82, 2.24) is 0 Å². The summed E-state index contributed by atoms with van der Waals surface area (Å²) >= 11 is 0. The fraction of sp³-hybridized carbons (Fsp3) is 0.357. The van der Waals surface area contributed by atoms with Crippen LogP contribution in [0.25, 0.3) is 0 Å². The minimum atomic E-state index is -0.742. The lowest BCUT2D eigenvalue weighted by molar-refractivity contribution is 0.0973. The van der Waals surface area contributed by atoms with Crippen molar-refractivity contribution in [3.8, 4) is 11.5 Å². The predicted octanol–water partition coefficient (Wildman–Crippen LogP) is 1.21. The van der Waals surface area contributed by atoms with Gasteiger partial charge in [0.1, 0.15) is 0 Å². The Morgan fingerprint density at radius 3 is 1.60 bits per heavy atom. The zero-order valence-corrected chi connectivity index (χ0v) is 11.6. The third kappa shape index (κ3) is 2.55. The molecular weight excluding hydrogens is 262 g/mol. The van der Waals surface area contributed by atoms with Crippen LogP contribution < -0.4 is 5.73 Å². The van der Waals surface area contributed by atoms with Gasteiger partial charge in [-0.1, -0.05) is 0 Å². The second kappa shape index (κ2) is 5.83. The summed E-state index contributed by atoms with van der Waals surface area (Å²) in [7, 11) is 0. The zero-order chi connectivity index (χ0) is 15.6. The number of phenols is 2. The second-order valence-corrected chi connectivity index (χ2v) is 4.51. The van der Waals surface area contributed by atoms with E-state index in [2.05, 4.69) is 0 Å². The lowest BCUT2D eigenvalue weighted by Gasteiger charge is -2.17. The average Bonchev–Trinajstić information content (AvgIpc) is 2.32. The highest BCUT2D eigenvalue weighted by Crippen LogP contribution is 2.39. The summed E-state index contributed by atoms with van der Waals surface area (Å²) in [5.74, 6) is -2.99. The van der Waals surface area contributed by atoms with E-state index in [0.29, 0.717) is 0 Å². The number of Topliss-reactive ketones (excluding diaryl/α,β-unsaturated/α-hetero) is 3. The fourth-order valence-corrected chi connectivity index (χ4v) is 2.28. The van der Waals surface area contributed by atoms with Crippen LogP contribution in [0, 0.1) is 0 Å². The molecule has 6 heteroatoms. The van der Waals surface area contributed by atoms with Crippen molar-refractivity contribution in [2.75, 3.05) is 6.54 Å². The van der Waals surface area contributed by atoms with Crippen LogP contribution in [0.4, 0.5) is 0 Å². The van der Waals surface area contributed by atoms with E-state index >= 15 is 0 Å². The zero-order valence-electron chi connectivity index (χ0n) is 11.6. The molecule has 0 aromatic heterocycles. The lowest BCUT2D eigenvalue weighted by Crippen LogP contribution is -2.17. The maximum absolute atomic E-state index is 11.8. The van der Waals surface area contributed by atoms with Crippen molar-refractivity contribution in [3.05, 3.63) is 22.3 Å². The Morgan fingerprint density at radius 2 is 1.25 bits per heavy atom. The van der Waals surface area contributed by atoms with Gasteiger partial charge < -0.3 is 15.9 Å². The topological polar surface area (TPSA) is 118 Å². The van der Waals surface area contributed by atoms with E-state index in [0.717, 1.165) is 0 Å². The van der Waals surface area contributed by atoms with Gasteiger partial charge in [0.25, 0.3) is 0 Å². The van der Waals surface area contributed by atoms with Crippen LogP contribution in [-0.2, 0) is 6.42 Å². The maximum Gasteiger partial charge on any atom is 0.169 e. The van der Waals surface area contributed by atoms with E-state index < -0.39 is 28.8 Å². The van der Waals surface area contributed by atoms with E-state index in [4.69, 9.17) is 5.73 Å². The summed E-state index contributed by atoms with van der Waals surface area (Å²) in [6.45, 7) is 3.72. The van der Waals surface area contributed by atoms with Crippen molar-refractivity contribution >= 4 is 17.3 Å². The lowest BCUT2D eigenvalue weighted by atomic mass is 9.87. The van der Waals surface area contributed by atoms with Gasteiger partial charge in [0.15, 0.2) is 28.8 Å². The molecule has 0 saturated heterocycles. The molecule has 0 radical (unpaired) electrons. The molecule has 0 fully saturated rings.